The number of carbonyl (C=O) groups is 1. The van der Waals surface area contributed by atoms with Crippen molar-refractivity contribution in [3.8, 4) is 0 Å². The van der Waals surface area contributed by atoms with Crippen molar-refractivity contribution in [2.45, 2.75) is 64.0 Å². The number of rotatable bonds is 4. The fraction of sp³-hybridized carbons (Fsp3) is 0.923. The molecule has 2 saturated carbocycles. The van der Waals surface area contributed by atoms with E-state index < -0.39 is 0 Å². The molecule has 17 heavy (non-hydrogen) atoms. The van der Waals surface area contributed by atoms with Gasteiger partial charge in [-0.25, -0.2) is 0 Å². The summed E-state index contributed by atoms with van der Waals surface area (Å²) >= 11 is 0. The van der Waals surface area contributed by atoms with Gasteiger partial charge in [0.2, 0.25) is 5.91 Å². The zero-order valence-electron chi connectivity index (χ0n) is 10.7. The molecule has 2 aliphatic rings. The highest BCUT2D eigenvalue weighted by atomic mass is 35.5. The summed E-state index contributed by atoms with van der Waals surface area (Å²) in [4.78, 5) is 12.0. The van der Waals surface area contributed by atoms with Crippen LogP contribution in [0.5, 0.6) is 0 Å². The molecule has 0 aromatic carbocycles. The number of nitrogens with two attached hydrogens (primary N) is 1. The lowest BCUT2D eigenvalue weighted by Gasteiger charge is -2.27. The largest absolute Gasteiger partial charge is 0.353 e. The molecular weight excluding hydrogens is 236 g/mol. The number of halogens is 1. The molecule has 100 valence electrons. The third-order valence-electron chi connectivity index (χ3n) is 3.86. The van der Waals surface area contributed by atoms with Gasteiger partial charge in [-0.3, -0.25) is 4.79 Å². The van der Waals surface area contributed by atoms with E-state index in [1.165, 1.54) is 12.8 Å². The molecule has 0 spiro atoms. The maximum Gasteiger partial charge on any atom is 0.223 e. The molecule has 0 aromatic heterocycles. The van der Waals surface area contributed by atoms with Crippen LogP contribution in [0, 0.1) is 11.8 Å². The molecule has 2 fully saturated rings. The Morgan fingerprint density at radius 3 is 2.65 bits per heavy atom. The van der Waals surface area contributed by atoms with E-state index >= 15 is 0 Å². The number of nitrogens with one attached hydrogen (secondary N) is 1. The van der Waals surface area contributed by atoms with Crippen LogP contribution in [-0.2, 0) is 4.79 Å². The van der Waals surface area contributed by atoms with Gasteiger partial charge in [-0.2, -0.15) is 0 Å². The summed E-state index contributed by atoms with van der Waals surface area (Å²) in [5, 5.41) is 3.15. The molecule has 4 heteroatoms. The first-order chi connectivity index (χ1) is 7.65. The van der Waals surface area contributed by atoms with E-state index in [2.05, 4.69) is 12.2 Å². The van der Waals surface area contributed by atoms with Crippen LogP contribution < -0.4 is 11.1 Å². The quantitative estimate of drug-likeness (QED) is 0.815. The van der Waals surface area contributed by atoms with Gasteiger partial charge in [0.25, 0.3) is 0 Å². The minimum absolute atomic E-state index is 0. The highest BCUT2D eigenvalue weighted by Gasteiger charge is 2.28. The van der Waals surface area contributed by atoms with Crippen molar-refractivity contribution < 1.29 is 4.79 Å². The van der Waals surface area contributed by atoms with Gasteiger partial charge in [0, 0.05) is 18.0 Å². The first-order valence-electron chi connectivity index (χ1n) is 6.71. The van der Waals surface area contributed by atoms with Crippen molar-refractivity contribution in [3.63, 3.8) is 0 Å². The predicted molar refractivity (Wildman–Crippen MR) is 72.1 cm³/mol. The number of hydrogen-bond donors (Lipinski definition) is 2. The zero-order valence-corrected chi connectivity index (χ0v) is 11.5. The highest BCUT2D eigenvalue weighted by Crippen LogP contribution is 2.33. The van der Waals surface area contributed by atoms with Crippen molar-refractivity contribution in [3.05, 3.63) is 0 Å². The lowest BCUT2D eigenvalue weighted by atomic mass is 9.85. The van der Waals surface area contributed by atoms with Gasteiger partial charge in [-0.05, 0) is 38.5 Å². The Labute approximate surface area is 110 Å². The lowest BCUT2D eigenvalue weighted by molar-refractivity contribution is -0.126. The summed E-state index contributed by atoms with van der Waals surface area (Å²) in [5.41, 5.74) is 5.90. The van der Waals surface area contributed by atoms with Crippen molar-refractivity contribution in [2.75, 3.05) is 0 Å². The number of amides is 1. The maximum absolute atomic E-state index is 12.0. The SMILES string of the molecule is CC(CC1CC1)NC(=O)C1CCCC(N)C1.Cl. The third-order valence-corrected chi connectivity index (χ3v) is 3.86. The summed E-state index contributed by atoms with van der Waals surface area (Å²) in [6.07, 6.45) is 7.96. The van der Waals surface area contributed by atoms with E-state index in [1.807, 2.05) is 0 Å². The molecule has 1 amide bonds. The normalized spacial score (nSPS) is 30.2. The van der Waals surface area contributed by atoms with Gasteiger partial charge < -0.3 is 11.1 Å². The molecule has 3 atom stereocenters. The Hall–Kier alpha value is -0.280. The van der Waals surface area contributed by atoms with Crippen LogP contribution in [0.25, 0.3) is 0 Å². The molecule has 0 aliphatic heterocycles. The van der Waals surface area contributed by atoms with E-state index in [9.17, 15) is 4.79 Å². The van der Waals surface area contributed by atoms with Gasteiger partial charge >= 0.3 is 0 Å². The monoisotopic (exact) mass is 260 g/mol. The van der Waals surface area contributed by atoms with Crippen LogP contribution in [0.1, 0.15) is 51.9 Å². The molecule has 2 aliphatic carbocycles. The molecule has 0 saturated heterocycles. The molecule has 2 rings (SSSR count). The van der Waals surface area contributed by atoms with Crippen LogP contribution >= 0.6 is 12.4 Å². The van der Waals surface area contributed by atoms with Crippen LogP contribution in [0.2, 0.25) is 0 Å². The molecular formula is C13H25ClN2O. The van der Waals surface area contributed by atoms with Crippen LogP contribution in [0.15, 0.2) is 0 Å². The zero-order chi connectivity index (χ0) is 11.5. The smallest absolute Gasteiger partial charge is 0.223 e. The van der Waals surface area contributed by atoms with E-state index in [0.29, 0.717) is 6.04 Å². The Morgan fingerprint density at radius 1 is 1.35 bits per heavy atom. The molecule has 3 unspecified atom stereocenters. The summed E-state index contributed by atoms with van der Waals surface area (Å²) in [5.74, 6) is 1.29. The minimum atomic E-state index is 0. The lowest BCUT2D eigenvalue weighted by Crippen LogP contribution is -2.41. The Morgan fingerprint density at radius 2 is 2.06 bits per heavy atom. The second-order valence-electron chi connectivity index (χ2n) is 5.71. The first kappa shape index (κ1) is 14.8. The van der Waals surface area contributed by atoms with Crippen molar-refractivity contribution in [1.82, 2.24) is 5.32 Å². The van der Waals surface area contributed by atoms with Crippen molar-refractivity contribution in [1.29, 1.82) is 0 Å². The van der Waals surface area contributed by atoms with E-state index in [0.717, 1.165) is 38.0 Å². The second-order valence-corrected chi connectivity index (χ2v) is 5.71. The fourth-order valence-corrected chi connectivity index (χ4v) is 2.74. The van der Waals surface area contributed by atoms with E-state index in [4.69, 9.17) is 5.73 Å². The molecule has 3 nitrogen and oxygen atoms in total. The van der Waals surface area contributed by atoms with Crippen molar-refractivity contribution >= 4 is 18.3 Å². The molecule has 0 aromatic rings. The average molecular weight is 261 g/mol. The second kappa shape index (κ2) is 6.60. The van der Waals surface area contributed by atoms with Crippen LogP contribution in [-0.4, -0.2) is 18.0 Å². The summed E-state index contributed by atoms with van der Waals surface area (Å²) in [6, 6.07) is 0.585. The molecule has 0 heterocycles. The Kier molecular flexibility index (Phi) is 5.74. The van der Waals surface area contributed by atoms with E-state index in [1.54, 1.807) is 0 Å². The minimum Gasteiger partial charge on any atom is -0.353 e. The van der Waals surface area contributed by atoms with Crippen LogP contribution in [0.4, 0.5) is 0 Å². The first-order valence-corrected chi connectivity index (χ1v) is 6.71. The molecule has 0 bridgehead atoms. The topological polar surface area (TPSA) is 55.1 Å². The Bertz CT molecular complexity index is 256. The highest BCUT2D eigenvalue weighted by molar-refractivity contribution is 5.85. The van der Waals surface area contributed by atoms with E-state index in [-0.39, 0.29) is 30.3 Å². The molecule has 0 radical (unpaired) electrons. The van der Waals surface area contributed by atoms with Gasteiger partial charge in [-0.15, -0.1) is 12.4 Å². The number of hydrogen-bond acceptors (Lipinski definition) is 2. The third kappa shape index (κ3) is 4.84. The van der Waals surface area contributed by atoms with Gasteiger partial charge in [0.15, 0.2) is 0 Å². The summed E-state index contributed by atoms with van der Waals surface area (Å²) in [6.45, 7) is 2.12. The summed E-state index contributed by atoms with van der Waals surface area (Å²) in [7, 11) is 0. The number of carbonyl (C=O) groups excluding carboxylic acids is 1. The molecule has 3 N–H and O–H groups in total. The Balaban J connectivity index is 0.00000144. The summed E-state index contributed by atoms with van der Waals surface area (Å²) < 4.78 is 0. The van der Waals surface area contributed by atoms with Gasteiger partial charge in [-0.1, -0.05) is 19.3 Å². The predicted octanol–water partition coefficient (Wildman–Crippen LogP) is 2.23. The maximum atomic E-state index is 12.0. The van der Waals surface area contributed by atoms with Crippen LogP contribution in [0.3, 0.4) is 0 Å². The standard InChI is InChI=1S/C13H24N2O.ClH/c1-9(7-10-5-6-10)15-13(16)11-3-2-4-12(14)8-11;/h9-12H,2-8,14H2,1H3,(H,15,16);1H. The van der Waals surface area contributed by atoms with Gasteiger partial charge in [0.1, 0.15) is 0 Å². The average Bonchev–Trinajstić information content (AvgIpc) is 3.01. The fourth-order valence-electron chi connectivity index (χ4n) is 2.74. The van der Waals surface area contributed by atoms with Gasteiger partial charge in [0.05, 0.1) is 0 Å². The van der Waals surface area contributed by atoms with Crippen molar-refractivity contribution in [2.24, 2.45) is 17.6 Å².